The Balaban J connectivity index is 4.18. The van der Waals surface area contributed by atoms with Crippen LogP contribution in [0.15, 0.2) is 134 Å². The number of phosphoric ester groups is 1. The number of carbonyl (C=O) groups excluding carboxylic acids is 2. The predicted octanol–water partition coefficient (Wildman–Crippen LogP) is 22.2. The fraction of sp³-hybridized carbons (Fsp3) is 0.684. The van der Waals surface area contributed by atoms with E-state index in [9.17, 15) is 19.0 Å². The zero-order chi connectivity index (χ0) is 62.6. The molecule has 0 aromatic heterocycles. The predicted molar refractivity (Wildman–Crippen MR) is 369 cm³/mol. The highest BCUT2D eigenvalue weighted by atomic mass is 31.2. The summed E-state index contributed by atoms with van der Waals surface area (Å²) in [6, 6.07) is 0. The van der Waals surface area contributed by atoms with Gasteiger partial charge in [0.05, 0.1) is 27.7 Å². The molecular formula is C76H130NO8P. The summed E-state index contributed by atoms with van der Waals surface area (Å²) in [5, 5.41) is 0. The second-order valence-corrected chi connectivity index (χ2v) is 25.6. The van der Waals surface area contributed by atoms with E-state index in [1.165, 1.54) is 141 Å². The number of likely N-dealkylation sites (N-methyl/N-ethyl adjacent to an activating group) is 1. The van der Waals surface area contributed by atoms with Crippen LogP contribution in [0.25, 0.3) is 0 Å². The van der Waals surface area contributed by atoms with Gasteiger partial charge in [0.15, 0.2) is 6.10 Å². The van der Waals surface area contributed by atoms with E-state index in [0.29, 0.717) is 17.4 Å². The number of carbonyl (C=O) groups is 2. The van der Waals surface area contributed by atoms with Gasteiger partial charge in [-0.25, -0.2) is 0 Å². The molecule has 0 bridgehead atoms. The van der Waals surface area contributed by atoms with Crippen LogP contribution in [0.2, 0.25) is 0 Å². The Labute approximate surface area is 530 Å². The van der Waals surface area contributed by atoms with Crippen LogP contribution in [0, 0.1) is 0 Å². The van der Waals surface area contributed by atoms with E-state index in [0.717, 1.165) is 109 Å². The van der Waals surface area contributed by atoms with Gasteiger partial charge < -0.3 is 27.9 Å². The highest BCUT2D eigenvalue weighted by Gasteiger charge is 2.22. The fourth-order valence-electron chi connectivity index (χ4n) is 9.37. The summed E-state index contributed by atoms with van der Waals surface area (Å²) in [6.07, 6.45) is 95.3. The third-order valence-electron chi connectivity index (χ3n) is 14.7. The first-order valence-corrected chi connectivity index (χ1v) is 36.4. The lowest BCUT2D eigenvalue weighted by Gasteiger charge is -2.28. The van der Waals surface area contributed by atoms with E-state index in [1.807, 2.05) is 21.1 Å². The zero-order valence-corrected chi connectivity index (χ0v) is 56.9. The summed E-state index contributed by atoms with van der Waals surface area (Å²) in [5.74, 6) is -0.870. The quantitative estimate of drug-likeness (QED) is 0.0195. The van der Waals surface area contributed by atoms with Gasteiger partial charge in [0, 0.05) is 12.8 Å². The van der Waals surface area contributed by atoms with E-state index in [1.54, 1.807) is 0 Å². The second-order valence-electron chi connectivity index (χ2n) is 24.2. The molecular weight excluding hydrogens is 1090 g/mol. The minimum absolute atomic E-state index is 0.0430. The van der Waals surface area contributed by atoms with Crippen LogP contribution < -0.4 is 4.89 Å². The summed E-state index contributed by atoms with van der Waals surface area (Å²) < 4.78 is 34.2. The van der Waals surface area contributed by atoms with Gasteiger partial charge in [-0.05, 0) is 96.3 Å². The molecule has 0 aromatic carbocycles. The number of unbranched alkanes of at least 4 members (excludes halogenated alkanes) is 27. The molecule has 0 rings (SSSR count). The molecule has 0 spiro atoms. The minimum Gasteiger partial charge on any atom is -0.756 e. The first kappa shape index (κ1) is 82.1. The topological polar surface area (TPSA) is 111 Å². The van der Waals surface area contributed by atoms with Crippen LogP contribution in [0.5, 0.6) is 0 Å². The van der Waals surface area contributed by atoms with Gasteiger partial charge in [-0.1, -0.05) is 308 Å². The van der Waals surface area contributed by atoms with Crippen LogP contribution >= 0.6 is 7.82 Å². The number of allylic oxidation sites excluding steroid dienone is 22. The number of quaternary nitrogens is 1. The van der Waals surface area contributed by atoms with Crippen molar-refractivity contribution in [1.82, 2.24) is 0 Å². The van der Waals surface area contributed by atoms with Crippen LogP contribution in [-0.4, -0.2) is 70.0 Å². The summed E-state index contributed by atoms with van der Waals surface area (Å²) in [6.45, 7) is 4.11. The molecule has 0 amide bonds. The molecule has 0 aromatic rings. The maximum atomic E-state index is 12.8. The average molecular weight is 1220 g/mol. The Morgan fingerprint density at radius 1 is 0.372 bits per heavy atom. The van der Waals surface area contributed by atoms with Crippen molar-refractivity contribution in [2.45, 2.75) is 290 Å². The molecule has 9 nitrogen and oxygen atoms in total. The highest BCUT2D eigenvalue weighted by Crippen LogP contribution is 2.38. The lowest BCUT2D eigenvalue weighted by atomic mass is 10.0. The number of esters is 2. The van der Waals surface area contributed by atoms with E-state index in [-0.39, 0.29) is 26.1 Å². The molecule has 0 heterocycles. The van der Waals surface area contributed by atoms with Gasteiger partial charge in [-0.2, -0.15) is 0 Å². The Morgan fingerprint density at radius 3 is 0.988 bits per heavy atom. The Kier molecular flexibility index (Phi) is 62.7. The lowest BCUT2D eigenvalue weighted by molar-refractivity contribution is -0.870. The highest BCUT2D eigenvalue weighted by molar-refractivity contribution is 7.45. The molecule has 492 valence electrons. The molecule has 0 saturated carbocycles. The van der Waals surface area contributed by atoms with Crippen molar-refractivity contribution in [3.8, 4) is 0 Å². The van der Waals surface area contributed by atoms with E-state index in [2.05, 4.69) is 148 Å². The van der Waals surface area contributed by atoms with Crippen molar-refractivity contribution in [1.29, 1.82) is 0 Å². The van der Waals surface area contributed by atoms with Gasteiger partial charge in [0.2, 0.25) is 0 Å². The lowest BCUT2D eigenvalue weighted by Crippen LogP contribution is -2.37. The van der Waals surface area contributed by atoms with Gasteiger partial charge in [-0.15, -0.1) is 0 Å². The van der Waals surface area contributed by atoms with Crippen molar-refractivity contribution in [3.63, 3.8) is 0 Å². The summed E-state index contributed by atoms with van der Waals surface area (Å²) in [5.41, 5.74) is 0. The third-order valence-corrected chi connectivity index (χ3v) is 15.6. The molecule has 86 heavy (non-hydrogen) atoms. The maximum Gasteiger partial charge on any atom is 0.306 e. The van der Waals surface area contributed by atoms with Crippen LogP contribution in [0.1, 0.15) is 284 Å². The molecule has 2 atom stereocenters. The molecule has 10 heteroatoms. The van der Waals surface area contributed by atoms with Crippen molar-refractivity contribution < 1.29 is 42.1 Å². The van der Waals surface area contributed by atoms with Gasteiger partial charge in [0.1, 0.15) is 19.8 Å². The normalized spacial score (nSPS) is 14.0. The van der Waals surface area contributed by atoms with E-state index >= 15 is 0 Å². The first-order chi connectivity index (χ1) is 42.0. The Bertz CT molecular complexity index is 1910. The number of nitrogens with zero attached hydrogens (tertiary/aromatic N) is 1. The number of rotatable bonds is 63. The standard InChI is InChI=1S/C76H130NO8P/c1-6-8-10-12-14-16-18-20-22-24-26-28-30-32-33-34-35-36-37-38-39-40-41-42-43-45-47-49-51-53-55-57-59-61-63-65-67-69-76(79)85-74(73-84-86(80,81)83-71-70-77(3,4)5)72-82-75(78)68-66-64-62-60-58-56-54-52-50-48-46-44-31-29-27-25-23-21-19-17-15-13-11-9-7-2/h8,10,14,16,20,22,26,28,32-33,35-36,38-39,41-42,45,47,51,53,57,59,74H,6-7,9,11-13,15,17-19,21,23-25,27,29-31,34,37,40,43-44,46,48-50,52,54-56,58,60-73H2,1-5H3/b10-8-,16-14-,22-20-,28-26-,33-32-,36-35-,39-38-,42-41-,47-45-,53-51-,59-57-. The van der Waals surface area contributed by atoms with Crippen molar-refractivity contribution in [3.05, 3.63) is 134 Å². The van der Waals surface area contributed by atoms with Gasteiger partial charge in [0.25, 0.3) is 7.82 Å². The molecule has 0 aliphatic rings. The van der Waals surface area contributed by atoms with Gasteiger partial charge >= 0.3 is 11.9 Å². The maximum absolute atomic E-state index is 12.8. The Morgan fingerprint density at radius 2 is 0.663 bits per heavy atom. The number of ether oxygens (including phenoxy) is 2. The Hall–Kier alpha value is -3.85. The average Bonchev–Trinajstić information content (AvgIpc) is 3.67. The van der Waals surface area contributed by atoms with E-state index < -0.39 is 32.5 Å². The molecule has 0 fully saturated rings. The fourth-order valence-corrected chi connectivity index (χ4v) is 10.1. The number of phosphoric acid groups is 1. The van der Waals surface area contributed by atoms with Crippen LogP contribution in [0.4, 0.5) is 0 Å². The molecule has 0 saturated heterocycles. The number of hydrogen-bond acceptors (Lipinski definition) is 8. The van der Waals surface area contributed by atoms with Crippen LogP contribution in [-0.2, 0) is 32.7 Å². The third kappa shape index (κ3) is 69.3. The van der Waals surface area contributed by atoms with Crippen molar-refractivity contribution in [2.24, 2.45) is 0 Å². The monoisotopic (exact) mass is 1220 g/mol. The summed E-state index contributed by atoms with van der Waals surface area (Å²) in [7, 11) is 1.13. The first-order valence-electron chi connectivity index (χ1n) is 34.9. The zero-order valence-electron chi connectivity index (χ0n) is 56.0. The smallest absolute Gasteiger partial charge is 0.306 e. The van der Waals surface area contributed by atoms with Crippen molar-refractivity contribution >= 4 is 19.8 Å². The van der Waals surface area contributed by atoms with E-state index in [4.69, 9.17) is 18.5 Å². The van der Waals surface area contributed by atoms with Gasteiger partial charge in [-0.3, -0.25) is 14.2 Å². The summed E-state index contributed by atoms with van der Waals surface area (Å²) in [4.78, 5) is 38.0. The summed E-state index contributed by atoms with van der Waals surface area (Å²) >= 11 is 0. The molecule has 0 N–H and O–H groups in total. The van der Waals surface area contributed by atoms with Crippen molar-refractivity contribution in [2.75, 3.05) is 47.5 Å². The SMILES string of the molecule is CC/C=C\C/C=C\C/C=C\C/C=C\C/C=C\C/C=C\C/C=C\C/C=C\C/C=C\C/C=C\C/C=C\CCCCCC(=O)OC(COC(=O)CCCCCCCCCCCCCCCCCCCCCCCCCCC)COP(=O)([O-])OCC[N+](C)(C)C. The molecule has 0 radical (unpaired) electrons. The molecule has 0 aliphatic carbocycles. The number of hydrogen-bond donors (Lipinski definition) is 0. The molecule has 0 aliphatic heterocycles. The van der Waals surface area contributed by atoms with Crippen LogP contribution in [0.3, 0.4) is 0 Å². The second kappa shape index (κ2) is 65.6. The molecule has 2 unspecified atom stereocenters. The largest absolute Gasteiger partial charge is 0.756 e. The minimum atomic E-state index is -4.66.